The van der Waals surface area contributed by atoms with Crippen molar-refractivity contribution in [3.63, 3.8) is 0 Å². The molecule has 1 amide bonds. The monoisotopic (exact) mass is 442 g/mol. The first-order valence-corrected chi connectivity index (χ1v) is 10.8. The lowest BCUT2D eigenvalue weighted by Crippen LogP contribution is -2.25. The number of carbonyl (C=O) groups excluding carboxylic acids is 1. The molecule has 1 heterocycles. The smallest absolute Gasteiger partial charge is 0.233 e. The number of nitrogens with zero attached hydrogens (tertiary/aromatic N) is 2. The molecule has 3 rings (SSSR count). The molecule has 0 aliphatic rings. The maximum absolute atomic E-state index is 12.9. The molecule has 0 spiro atoms. The van der Waals surface area contributed by atoms with Crippen LogP contribution in [0.2, 0.25) is 0 Å². The van der Waals surface area contributed by atoms with Crippen LogP contribution in [0.3, 0.4) is 0 Å². The lowest BCUT2D eigenvalue weighted by Gasteiger charge is -2.20. The van der Waals surface area contributed by atoms with Gasteiger partial charge in [-0.3, -0.25) is 9.69 Å². The van der Waals surface area contributed by atoms with Crippen molar-refractivity contribution in [3.05, 3.63) is 63.4 Å². The van der Waals surface area contributed by atoms with Crippen molar-refractivity contribution in [1.29, 1.82) is 0 Å². The second kappa shape index (κ2) is 8.81. The molecule has 0 aliphatic carbocycles. The van der Waals surface area contributed by atoms with Gasteiger partial charge in [0.2, 0.25) is 5.91 Å². The molecule has 3 aromatic rings. The molecule has 0 saturated carbocycles. The van der Waals surface area contributed by atoms with Crippen molar-refractivity contribution in [2.45, 2.75) is 40.0 Å². The highest BCUT2D eigenvalue weighted by Gasteiger charge is 2.23. The molecule has 0 atom stereocenters. The molecule has 2 aromatic carbocycles. The van der Waals surface area contributed by atoms with Gasteiger partial charge in [0.15, 0.2) is 5.13 Å². The highest BCUT2D eigenvalue weighted by Crippen LogP contribution is 2.37. The summed E-state index contributed by atoms with van der Waals surface area (Å²) in [6, 6.07) is 16.2. The Balaban J connectivity index is 2.08. The van der Waals surface area contributed by atoms with E-state index in [1.165, 1.54) is 10.4 Å². The van der Waals surface area contributed by atoms with Crippen LogP contribution in [0.25, 0.3) is 11.3 Å². The molecule has 0 saturated heterocycles. The van der Waals surface area contributed by atoms with Crippen molar-refractivity contribution in [2.24, 2.45) is 0 Å². The van der Waals surface area contributed by atoms with Gasteiger partial charge in [0.25, 0.3) is 0 Å². The number of rotatable bonds is 6. The third kappa shape index (κ3) is 4.47. The normalized spacial score (nSPS) is 10.8. The van der Waals surface area contributed by atoms with Crippen LogP contribution in [0.1, 0.15) is 37.1 Å². The molecule has 0 radical (unpaired) electrons. The molecule has 0 N–H and O–H groups in total. The SMILES string of the molecule is CCCC(=O)N(c1ccc(Br)cc1)c1nc(-c2ccc(C)cc2)c(CC)s1. The zero-order valence-corrected chi connectivity index (χ0v) is 18.2. The summed E-state index contributed by atoms with van der Waals surface area (Å²) >= 11 is 5.07. The van der Waals surface area contributed by atoms with Crippen LogP contribution in [-0.4, -0.2) is 10.9 Å². The molecule has 0 fully saturated rings. The predicted molar refractivity (Wildman–Crippen MR) is 118 cm³/mol. The van der Waals surface area contributed by atoms with Crippen LogP contribution < -0.4 is 4.90 Å². The van der Waals surface area contributed by atoms with E-state index in [2.05, 4.69) is 54.0 Å². The van der Waals surface area contributed by atoms with E-state index in [0.29, 0.717) is 6.42 Å². The Bertz CT molecular complexity index is 916. The zero-order valence-electron chi connectivity index (χ0n) is 15.8. The average Bonchev–Trinajstić information content (AvgIpc) is 3.08. The van der Waals surface area contributed by atoms with Crippen LogP contribution >= 0.6 is 27.3 Å². The lowest BCUT2D eigenvalue weighted by atomic mass is 10.1. The lowest BCUT2D eigenvalue weighted by molar-refractivity contribution is -0.117. The van der Waals surface area contributed by atoms with Gasteiger partial charge in [0.1, 0.15) is 0 Å². The Labute approximate surface area is 173 Å². The number of benzene rings is 2. The number of aryl methyl sites for hydroxylation is 2. The Morgan fingerprint density at radius 2 is 1.74 bits per heavy atom. The average molecular weight is 443 g/mol. The van der Waals surface area contributed by atoms with E-state index < -0.39 is 0 Å². The Hall–Kier alpha value is -1.98. The summed E-state index contributed by atoms with van der Waals surface area (Å²) in [6.45, 7) is 6.23. The van der Waals surface area contributed by atoms with Crippen LogP contribution in [0.5, 0.6) is 0 Å². The first kappa shape index (κ1) is 19.8. The van der Waals surface area contributed by atoms with E-state index in [4.69, 9.17) is 4.98 Å². The summed E-state index contributed by atoms with van der Waals surface area (Å²) in [7, 11) is 0. The fraction of sp³-hybridized carbons (Fsp3) is 0.273. The second-order valence-corrected chi connectivity index (χ2v) is 8.42. The highest BCUT2D eigenvalue weighted by molar-refractivity contribution is 9.10. The van der Waals surface area contributed by atoms with E-state index in [1.54, 1.807) is 16.2 Å². The topological polar surface area (TPSA) is 33.2 Å². The van der Waals surface area contributed by atoms with Gasteiger partial charge >= 0.3 is 0 Å². The third-order valence-electron chi connectivity index (χ3n) is 4.32. The summed E-state index contributed by atoms with van der Waals surface area (Å²) in [5.74, 6) is 0.0756. The minimum Gasteiger partial charge on any atom is -0.274 e. The van der Waals surface area contributed by atoms with Crippen LogP contribution in [0.4, 0.5) is 10.8 Å². The number of amides is 1. The standard InChI is InChI=1S/C22H23BrN2OS/c1-4-6-20(26)25(18-13-11-17(23)12-14-18)22-24-21(19(5-2)27-22)16-9-7-15(3)8-10-16/h7-14H,4-6H2,1-3H3. The summed E-state index contributed by atoms with van der Waals surface area (Å²) in [5, 5.41) is 0.739. The first-order valence-electron chi connectivity index (χ1n) is 9.18. The van der Waals surface area contributed by atoms with Crippen molar-refractivity contribution in [2.75, 3.05) is 4.90 Å². The van der Waals surface area contributed by atoms with Crippen molar-refractivity contribution in [3.8, 4) is 11.3 Å². The predicted octanol–water partition coefficient (Wildman–Crippen LogP) is 6.91. The number of halogens is 1. The maximum Gasteiger partial charge on any atom is 0.233 e. The van der Waals surface area contributed by atoms with Gasteiger partial charge in [-0.15, -0.1) is 11.3 Å². The first-order chi connectivity index (χ1) is 13.0. The molecule has 0 aliphatic heterocycles. The Kier molecular flexibility index (Phi) is 6.45. The zero-order chi connectivity index (χ0) is 19.4. The Morgan fingerprint density at radius 1 is 1.07 bits per heavy atom. The summed E-state index contributed by atoms with van der Waals surface area (Å²) in [4.78, 5) is 20.8. The maximum atomic E-state index is 12.9. The molecule has 0 bridgehead atoms. The number of thiazole rings is 1. The van der Waals surface area contributed by atoms with Gasteiger partial charge in [0, 0.05) is 21.3 Å². The molecular weight excluding hydrogens is 420 g/mol. The van der Waals surface area contributed by atoms with Gasteiger partial charge in [-0.05, 0) is 44.0 Å². The van der Waals surface area contributed by atoms with Crippen molar-refractivity contribution in [1.82, 2.24) is 4.98 Å². The van der Waals surface area contributed by atoms with Crippen LogP contribution in [0.15, 0.2) is 53.0 Å². The quantitative estimate of drug-likeness (QED) is 0.415. The number of aromatic nitrogens is 1. The fourth-order valence-corrected chi connectivity index (χ4v) is 4.21. The molecule has 27 heavy (non-hydrogen) atoms. The number of hydrogen-bond acceptors (Lipinski definition) is 3. The third-order valence-corrected chi connectivity index (χ3v) is 6.04. The summed E-state index contributed by atoms with van der Waals surface area (Å²) < 4.78 is 0.989. The van der Waals surface area contributed by atoms with Gasteiger partial charge < -0.3 is 0 Å². The van der Waals surface area contributed by atoms with E-state index in [1.807, 2.05) is 31.2 Å². The number of hydrogen-bond donors (Lipinski definition) is 0. The minimum absolute atomic E-state index is 0.0756. The Morgan fingerprint density at radius 3 is 2.33 bits per heavy atom. The molecule has 5 heteroatoms. The van der Waals surface area contributed by atoms with E-state index >= 15 is 0 Å². The molecule has 140 valence electrons. The van der Waals surface area contributed by atoms with Crippen LogP contribution in [0, 0.1) is 6.92 Å². The van der Waals surface area contributed by atoms with Gasteiger partial charge in [-0.1, -0.05) is 59.6 Å². The van der Waals surface area contributed by atoms with Gasteiger partial charge in [0.05, 0.1) is 11.4 Å². The molecular formula is C22H23BrN2OS. The van der Waals surface area contributed by atoms with Gasteiger partial charge in [-0.2, -0.15) is 0 Å². The summed E-state index contributed by atoms with van der Waals surface area (Å²) in [6.07, 6.45) is 2.19. The minimum atomic E-state index is 0.0756. The van der Waals surface area contributed by atoms with Crippen molar-refractivity contribution >= 4 is 44.0 Å². The molecule has 0 unspecified atom stereocenters. The van der Waals surface area contributed by atoms with Crippen molar-refractivity contribution < 1.29 is 4.79 Å². The van der Waals surface area contributed by atoms with Gasteiger partial charge in [-0.25, -0.2) is 4.98 Å². The van der Waals surface area contributed by atoms with E-state index in [0.717, 1.165) is 39.4 Å². The summed E-state index contributed by atoms with van der Waals surface area (Å²) in [5.41, 5.74) is 4.15. The number of carbonyl (C=O) groups is 1. The highest BCUT2D eigenvalue weighted by atomic mass is 79.9. The fourth-order valence-electron chi connectivity index (χ4n) is 2.89. The van der Waals surface area contributed by atoms with E-state index in [9.17, 15) is 4.79 Å². The second-order valence-electron chi connectivity index (χ2n) is 6.44. The molecule has 1 aromatic heterocycles. The van der Waals surface area contributed by atoms with E-state index in [-0.39, 0.29) is 5.91 Å². The number of anilines is 2. The van der Waals surface area contributed by atoms with Crippen LogP contribution in [-0.2, 0) is 11.2 Å². The molecule has 3 nitrogen and oxygen atoms in total. The largest absolute Gasteiger partial charge is 0.274 e.